The number of hydroxylamine groups is 1. The van der Waals surface area contributed by atoms with Crippen molar-refractivity contribution < 1.29 is 15.1 Å². The molecule has 90 valence electrons. The van der Waals surface area contributed by atoms with Gasteiger partial charge in [0.15, 0.2) is 0 Å². The lowest BCUT2D eigenvalue weighted by Crippen LogP contribution is -2.17. The summed E-state index contributed by atoms with van der Waals surface area (Å²) in [7, 11) is 0. The third-order valence-electron chi connectivity index (χ3n) is 2.29. The number of hydrogen-bond acceptors (Lipinski definition) is 4. The van der Waals surface area contributed by atoms with Gasteiger partial charge in [0.2, 0.25) is 0 Å². The van der Waals surface area contributed by atoms with Gasteiger partial charge >= 0.3 is 0 Å². The number of aromatic nitrogens is 2. The number of rotatable bonds is 7. The quantitative estimate of drug-likeness (QED) is 0.361. The van der Waals surface area contributed by atoms with Crippen molar-refractivity contribution in [2.75, 3.05) is 6.61 Å². The van der Waals surface area contributed by atoms with Crippen molar-refractivity contribution in [2.24, 2.45) is 0 Å². The zero-order valence-corrected chi connectivity index (χ0v) is 9.09. The lowest BCUT2D eigenvalue weighted by Gasteiger charge is -2.00. The van der Waals surface area contributed by atoms with Crippen molar-refractivity contribution in [1.82, 2.24) is 15.3 Å². The summed E-state index contributed by atoms with van der Waals surface area (Å²) in [6.45, 7) is 0.979. The molecule has 0 aliphatic rings. The molecule has 0 fully saturated rings. The Bertz CT molecular complexity index is 325. The van der Waals surface area contributed by atoms with Crippen LogP contribution in [0.5, 0.6) is 0 Å². The number of unbranched alkanes of at least 4 members (excludes halogenated alkanes) is 3. The molecule has 1 amide bonds. The van der Waals surface area contributed by atoms with E-state index in [1.807, 2.05) is 0 Å². The Balaban J connectivity index is 2.27. The molecule has 0 unspecified atom stereocenters. The van der Waals surface area contributed by atoms with E-state index in [2.05, 4.69) is 5.10 Å². The monoisotopic (exact) mass is 227 g/mol. The smallest absolute Gasteiger partial charge is 0.277 e. The van der Waals surface area contributed by atoms with Crippen LogP contribution in [0.15, 0.2) is 12.4 Å². The van der Waals surface area contributed by atoms with Crippen molar-refractivity contribution in [1.29, 1.82) is 0 Å². The van der Waals surface area contributed by atoms with Gasteiger partial charge in [-0.05, 0) is 12.8 Å². The van der Waals surface area contributed by atoms with Crippen molar-refractivity contribution in [3.8, 4) is 0 Å². The van der Waals surface area contributed by atoms with Gasteiger partial charge in [-0.2, -0.15) is 5.10 Å². The first-order chi connectivity index (χ1) is 7.77. The molecule has 1 aromatic rings. The number of carbonyl (C=O) groups is 1. The Morgan fingerprint density at radius 3 is 2.81 bits per heavy atom. The van der Waals surface area contributed by atoms with Crippen LogP contribution in [0.2, 0.25) is 0 Å². The maximum Gasteiger partial charge on any atom is 0.277 e. The fourth-order valence-corrected chi connectivity index (χ4v) is 1.41. The van der Waals surface area contributed by atoms with Crippen molar-refractivity contribution >= 4 is 5.91 Å². The highest BCUT2D eigenvalue weighted by atomic mass is 16.5. The minimum Gasteiger partial charge on any atom is -0.396 e. The average molecular weight is 227 g/mol. The highest BCUT2D eigenvalue weighted by Crippen LogP contribution is 2.03. The van der Waals surface area contributed by atoms with E-state index in [0.717, 1.165) is 32.2 Å². The molecular weight excluding hydrogens is 210 g/mol. The maximum absolute atomic E-state index is 11.0. The molecule has 0 spiro atoms. The minimum atomic E-state index is -0.550. The molecule has 6 nitrogen and oxygen atoms in total. The van der Waals surface area contributed by atoms with E-state index in [-0.39, 0.29) is 6.61 Å². The van der Waals surface area contributed by atoms with Crippen molar-refractivity contribution in [3.05, 3.63) is 18.0 Å². The molecule has 1 rings (SSSR count). The Labute approximate surface area is 93.8 Å². The zero-order valence-electron chi connectivity index (χ0n) is 9.09. The Morgan fingerprint density at radius 2 is 2.12 bits per heavy atom. The summed E-state index contributed by atoms with van der Waals surface area (Å²) in [4.78, 5) is 11.0. The molecule has 0 saturated carbocycles. The van der Waals surface area contributed by atoms with Crippen LogP contribution < -0.4 is 5.48 Å². The van der Waals surface area contributed by atoms with E-state index >= 15 is 0 Å². The van der Waals surface area contributed by atoms with Crippen LogP contribution in [-0.2, 0) is 6.54 Å². The highest BCUT2D eigenvalue weighted by molar-refractivity contribution is 5.92. The number of nitrogens with zero attached hydrogens (tertiary/aromatic N) is 2. The van der Waals surface area contributed by atoms with Crippen LogP contribution >= 0.6 is 0 Å². The summed E-state index contributed by atoms with van der Waals surface area (Å²) in [6.07, 6.45) is 6.83. The van der Waals surface area contributed by atoms with E-state index < -0.39 is 5.91 Å². The topological polar surface area (TPSA) is 87.4 Å². The van der Waals surface area contributed by atoms with Crippen molar-refractivity contribution in [3.63, 3.8) is 0 Å². The van der Waals surface area contributed by atoms with E-state index in [1.165, 1.54) is 6.20 Å². The number of amides is 1. The predicted molar refractivity (Wildman–Crippen MR) is 57.0 cm³/mol. The molecule has 0 atom stereocenters. The highest BCUT2D eigenvalue weighted by Gasteiger charge is 2.06. The first kappa shape index (κ1) is 12.7. The standard InChI is InChI=1S/C10H17N3O3/c14-6-4-2-1-3-5-13-8-9(7-11-13)10(15)12-16/h7-8,14,16H,1-6H2,(H,12,15). The second kappa shape index (κ2) is 6.97. The lowest BCUT2D eigenvalue weighted by molar-refractivity contribution is 0.0706. The van der Waals surface area contributed by atoms with E-state index in [4.69, 9.17) is 10.3 Å². The van der Waals surface area contributed by atoms with Gasteiger partial charge in [-0.1, -0.05) is 12.8 Å². The number of aryl methyl sites for hydroxylation is 1. The van der Waals surface area contributed by atoms with Gasteiger partial charge in [0.05, 0.1) is 11.8 Å². The summed E-state index contributed by atoms with van der Waals surface area (Å²) in [5, 5.41) is 21.0. The third-order valence-corrected chi connectivity index (χ3v) is 2.29. The molecule has 6 heteroatoms. The SMILES string of the molecule is O=C(NO)c1cnn(CCCCCCO)c1. The van der Waals surface area contributed by atoms with Crippen LogP contribution in [0.25, 0.3) is 0 Å². The molecule has 1 aromatic heterocycles. The van der Waals surface area contributed by atoms with Gasteiger partial charge in [0.25, 0.3) is 5.91 Å². The van der Waals surface area contributed by atoms with Gasteiger partial charge in [-0.3, -0.25) is 14.7 Å². The molecule has 3 N–H and O–H groups in total. The molecule has 1 heterocycles. The fraction of sp³-hybridized carbons (Fsp3) is 0.600. The number of aliphatic hydroxyl groups is 1. The van der Waals surface area contributed by atoms with Crippen LogP contribution in [0.1, 0.15) is 36.0 Å². The Kier molecular flexibility index (Phi) is 5.52. The largest absolute Gasteiger partial charge is 0.396 e. The summed E-state index contributed by atoms with van der Waals surface area (Å²) >= 11 is 0. The molecule has 16 heavy (non-hydrogen) atoms. The molecule has 0 aromatic carbocycles. The molecule has 0 aliphatic carbocycles. The second-order valence-electron chi connectivity index (χ2n) is 3.57. The fourth-order valence-electron chi connectivity index (χ4n) is 1.41. The lowest BCUT2D eigenvalue weighted by atomic mass is 10.2. The summed E-state index contributed by atoms with van der Waals surface area (Å²) < 4.78 is 1.67. The van der Waals surface area contributed by atoms with Crippen LogP contribution in [0.4, 0.5) is 0 Å². The normalized spacial score (nSPS) is 10.4. The van der Waals surface area contributed by atoms with Gasteiger partial charge < -0.3 is 5.11 Å². The number of carbonyl (C=O) groups excluding carboxylic acids is 1. The Hall–Kier alpha value is -1.40. The van der Waals surface area contributed by atoms with E-state index in [0.29, 0.717) is 5.56 Å². The first-order valence-corrected chi connectivity index (χ1v) is 5.35. The number of nitrogens with one attached hydrogen (secondary N) is 1. The van der Waals surface area contributed by atoms with Crippen LogP contribution in [0, 0.1) is 0 Å². The molecule has 0 bridgehead atoms. The average Bonchev–Trinajstić information content (AvgIpc) is 2.76. The predicted octanol–water partition coefficient (Wildman–Crippen LogP) is 0.555. The summed E-state index contributed by atoms with van der Waals surface area (Å²) in [5.41, 5.74) is 1.90. The molecule has 0 radical (unpaired) electrons. The number of aliphatic hydroxyl groups excluding tert-OH is 1. The van der Waals surface area contributed by atoms with Gasteiger partial charge in [-0.15, -0.1) is 0 Å². The van der Waals surface area contributed by atoms with E-state index in [9.17, 15) is 4.79 Å². The van der Waals surface area contributed by atoms with E-state index in [1.54, 1.807) is 16.4 Å². The van der Waals surface area contributed by atoms with Gasteiger partial charge in [0.1, 0.15) is 0 Å². The van der Waals surface area contributed by atoms with Crippen molar-refractivity contribution in [2.45, 2.75) is 32.2 Å². The minimum absolute atomic E-state index is 0.239. The Morgan fingerprint density at radius 1 is 1.38 bits per heavy atom. The summed E-state index contributed by atoms with van der Waals surface area (Å²) in [6, 6.07) is 0. The van der Waals surface area contributed by atoms with Crippen LogP contribution in [-0.4, -0.2) is 32.6 Å². The molecule has 0 aliphatic heterocycles. The van der Waals surface area contributed by atoms with Gasteiger partial charge in [-0.25, -0.2) is 5.48 Å². The zero-order chi connectivity index (χ0) is 11.8. The van der Waals surface area contributed by atoms with Gasteiger partial charge in [0, 0.05) is 19.3 Å². The number of hydrogen-bond donors (Lipinski definition) is 3. The maximum atomic E-state index is 11.0. The molecule has 0 saturated heterocycles. The summed E-state index contributed by atoms with van der Waals surface area (Å²) in [5.74, 6) is -0.550. The second-order valence-corrected chi connectivity index (χ2v) is 3.57. The first-order valence-electron chi connectivity index (χ1n) is 5.35. The third kappa shape index (κ3) is 4.00. The van der Waals surface area contributed by atoms with Crippen LogP contribution in [0.3, 0.4) is 0 Å². The molecular formula is C10H17N3O3.